The van der Waals surface area contributed by atoms with Crippen LogP contribution in [0.4, 0.5) is 5.69 Å². The van der Waals surface area contributed by atoms with Crippen molar-refractivity contribution in [3.8, 4) is 0 Å². The van der Waals surface area contributed by atoms with Gasteiger partial charge in [-0.2, -0.15) is 0 Å². The number of rotatable bonds is 1. The van der Waals surface area contributed by atoms with Crippen molar-refractivity contribution >= 4 is 17.2 Å². The monoisotopic (exact) mass is 275 g/mol. The molecule has 21 heavy (non-hydrogen) atoms. The third-order valence-electron chi connectivity index (χ3n) is 5.01. The van der Waals surface area contributed by atoms with Crippen LogP contribution in [-0.4, -0.2) is 5.91 Å². The maximum absolute atomic E-state index is 12.5. The summed E-state index contributed by atoms with van der Waals surface area (Å²) in [6, 6.07) is 16.6. The predicted molar refractivity (Wildman–Crippen MR) is 85.1 cm³/mol. The van der Waals surface area contributed by atoms with Gasteiger partial charge in [0, 0.05) is 5.69 Å². The van der Waals surface area contributed by atoms with E-state index in [-0.39, 0.29) is 11.8 Å². The molecule has 1 aliphatic heterocycles. The van der Waals surface area contributed by atoms with Gasteiger partial charge in [-0.1, -0.05) is 55.5 Å². The normalized spacial score (nSPS) is 26.1. The summed E-state index contributed by atoms with van der Waals surface area (Å²) in [5, 5.41) is 3.05. The molecule has 0 fully saturated rings. The molecule has 0 bridgehead atoms. The van der Waals surface area contributed by atoms with Gasteiger partial charge in [0.1, 0.15) is 0 Å². The van der Waals surface area contributed by atoms with E-state index >= 15 is 0 Å². The summed E-state index contributed by atoms with van der Waals surface area (Å²) in [4.78, 5) is 12.5. The summed E-state index contributed by atoms with van der Waals surface area (Å²) in [7, 11) is 0. The van der Waals surface area contributed by atoms with Crippen LogP contribution in [0.25, 0.3) is 5.57 Å². The van der Waals surface area contributed by atoms with Gasteiger partial charge in [0.2, 0.25) is 5.91 Å². The van der Waals surface area contributed by atoms with E-state index in [0.717, 1.165) is 11.3 Å². The van der Waals surface area contributed by atoms with E-state index in [0.29, 0.717) is 0 Å². The first kappa shape index (κ1) is 12.4. The zero-order valence-electron chi connectivity index (χ0n) is 12.2. The summed E-state index contributed by atoms with van der Waals surface area (Å²) >= 11 is 0. The SMILES string of the molecule is C[C@@H]1C=C(c2ccccc2)c2cccc3c2[C@@]1(C)C(=O)N3. The van der Waals surface area contributed by atoms with Crippen molar-refractivity contribution < 1.29 is 4.79 Å². The van der Waals surface area contributed by atoms with Crippen molar-refractivity contribution in [3.63, 3.8) is 0 Å². The Kier molecular flexibility index (Phi) is 2.41. The van der Waals surface area contributed by atoms with Gasteiger partial charge in [-0.15, -0.1) is 0 Å². The second-order valence-electron chi connectivity index (χ2n) is 6.12. The Morgan fingerprint density at radius 3 is 2.57 bits per heavy atom. The average molecular weight is 275 g/mol. The van der Waals surface area contributed by atoms with Crippen molar-refractivity contribution in [2.24, 2.45) is 5.92 Å². The summed E-state index contributed by atoms with van der Waals surface area (Å²) in [6.45, 7) is 4.19. The number of carbonyl (C=O) groups is 1. The lowest BCUT2D eigenvalue weighted by Crippen LogP contribution is -2.39. The molecule has 2 nitrogen and oxygen atoms in total. The Balaban J connectivity index is 2.02. The van der Waals surface area contributed by atoms with Crippen molar-refractivity contribution in [1.29, 1.82) is 0 Å². The Bertz CT molecular complexity index is 775. The molecule has 0 saturated heterocycles. The molecule has 2 aromatic carbocycles. The molecule has 0 radical (unpaired) electrons. The van der Waals surface area contributed by atoms with E-state index in [4.69, 9.17) is 0 Å². The standard InChI is InChI=1S/C19H17NO/c1-12-11-15(13-7-4-3-5-8-13)14-9-6-10-16-17(14)19(12,2)18(21)20-16/h3-12H,1-2H3,(H,20,21)/t12-,19+/m1/s1. The van der Waals surface area contributed by atoms with Gasteiger partial charge in [-0.05, 0) is 41.2 Å². The number of benzene rings is 2. The molecule has 2 atom stereocenters. The van der Waals surface area contributed by atoms with E-state index < -0.39 is 5.41 Å². The molecule has 2 aromatic rings. The van der Waals surface area contributed by atoms with Crippen LogP contribution in [0.2, 0.25) is 0 Å². The zero-order valence-corrected chi connectivity index (χ0v) is 12.2. The Morgan fingerprint density at radius 2 is 1.81 bits per heavy atom. The second kappa shape index (κ2) is 4.08. The molecule has 2 aliphatic rings. The van der Waals surface area contributed by atoms with E-state index in [2.05, 4.69) is 55.6 Å². The molecule has 1 aliphatic carbocycles. The number of carbonyl (C=O) groups excluding carboxylic acids is 1. The minimum absolute atomic E-state index is 0.112. The first-order valence-corrected chi connectivity index (χ1v) is 7.35. The van der Waals surface area contributed by atoms with E-state index in [1.54, 1.807) is 0 Å². The Labute approximate surface area is 124 Å². The van der Waals surface area contributed by atoms with E-state index in [9.17, 15) is 4.79 Å². The topological polar surface area (TPSA) is 29.1 Å². The van der Waals surface area contributed by atoms with Gasteiger partial charge in [0.05, 0.1) is 5.41 Å². The highest BCUT2D eigenvalue weighted by molar-refractivity contribution is 6.09. The molecule has 1 amide bonds. The molecule has 0 aromatic heterocycles. The summed E-state index contributed by atoms with van der Waals surface area (Å²) in [5.74, 6) is 0.282. The Hall–Kier alpha value is -2.35. The fourth-order valence-corrected chi connectivity index (χ4v) is 3.62. The van der Waals surface area contributed by atoms with Gasteiger partial charge >= 0.3 is 0 Å². The van der Waals surface area contributed by atoms with Crippen LogP contribution in [0.3, 0.4) is 0 Å². The quantitative estimate of drug-likeness (QED) is 0.838. The highest BCUT2D eigenvalue weighted by Gasteiger charge is 2.49. The molecule has 1 heterocycles. The van der Waals surface area contributed by atoms with Gasteiger partial charge < -0.3 is 5.32 Å². The number of hydrogen-bond donors (Lipinski definition) is 1. The fraction of sp³-hybridized carbons (Fsp3) is 0.211. The van der Waals surface area contributed by atoms with Gasteiger partial charge in [-0.3, -0.25) is 4.79 Å². The van der Waals surface area contributed by atoms with Crippen molar-refractivity contribution in [3.05, 3.63) is 71.3 Å². The fourth-order valence-electron chi connectivity index (χ4n) is 3.62. The first-order valence-electron chi connectivity index (χ1n) is 7.35. The number of hydrogen-bond acceptors (Lipinski definition) is 1. The smallest absolute Gasteiger partial charge is 0.235 e. The number of anilines is 1. The molecule has 0 unspecified atom stereocenters. The highest BCUT2D eigenvalue weighted by atomic mass is 16.2. The number of nitrogens with one attached hydrogen (secondary N) is 1. The molecular weight excluding hydrogens is 258 g/mol. The van der Waals surface area contributed by atoms with E-state index in [1.165, 1.54) is 16.7 Å². The molecule has 0 saturated carbocycles. The Morgan fingerprint density at radius 1 is 1.05 bits per heavy atom. The molecule has 4 rings (SSSR count). The number of amides is 1. The lowest BCUT2D eigenvalue weighted by molar-refractivity contribution is -0.121. The first-order chi connectivity index (χ1) is 10.1. The lowest BCUT2D eigenvalue weighted by Gasteiger charge is -2.34. The largest absolute Gasteiger partial charge is 0.325 e. The predicted octanol–water partition coefficient (Wildman–Crippen LogP) is 3.98. The van der Waals surface area contributed by atoms with Crippen LogP contribution in [0.15, 0.2) is 54.6 Å². The summed E-state index contributed by atoms with van der Waals surface area (Å²) in [6.07, 6.45) is 2.24. The van der Waals surface area contributed by atoms with Gasteiger partial charge in [-0.25, -0.2) is 0 Å². The maximum atomic E-state index is 12.5. The number of allylic oxidation sites excluding steroid dienone is 1. The van der Waals surface area contributed by atoms with Crippen molar-refractivity contribution in [1.82, 2.24) is 0 Å². The van der Waals surface area contributed by atoms with Crippen LogP contribution in [-0.2, 0) is 10.2 Å². The van der Waals surface area contributed by atoms with Crippen molar-refractivity contribution in [2.75, 3.05) is 5.32 Å². The molecule has 104 valence electrons. The van der Waals surface area contributed by atoms with Crippen molar-refractivity contribution in [2.45, 2.75) is 19.3 Å². The van der Waals surface area contributed by atoms with Gasteiger partial charge in [0.25, 0.3) is 0 Å². The van der Waals surface area contributed by atoms with Crippen LogP contribution in [0.1, 0.15) is 30.5 Å². The third-order valence-corrected chi connectivity index (χ3v) is 5.01. The van der Waals surface area contributed by atoms with Crippen LogP contribution >= 0.6 is 0 Å². The second-order valence-corrected chi connectivity index (χ2v) is 6.12. The molecule has 1 N–H and O–H groups in total. The zero-order chi connectivity index (χ0) is 14.6. The van der Waals surface area contributed by atoms with Crippen LogP contribution in [0.5, 0.6) is 0 Å². The lowest BCUT2D eigenvalue weighted by atomic mass is 9.66. The highest BCUT2D eigenvalue weighted by Crippen LogP contribution is 2.51. The summed E-state index contributed by atoms with van der Waals surface area (Å²) in [5.41, 5.74) is 5.28. The maximum Gasteiger partial charge on any atom is 0.235 e. The minimum atomic E-state index is -0.454. The third kappa shape index (κ3) is 1.50. The van der Waals surface area contributed by atoms with Gasteiger partial charge in [0.15, 0.2) is 0 Å². The summed E-state index contributed by atoms with van der Waals surface area (Å²) < 4.78 is 0. The van der Waals surface area contributed by atoms with E-state index in [1.807, 2.05) is 18.2 Å². The average Bonchev–Trinajstić information content (AvgIpc) is 2.78. The molecule has 0 spiro atoms. The molecule has 2 heteroatoms. The van der Waals surface area contributed by atoms with Crippen LogP contribution in [0, 0.1) is 5.92 Å². The van der Waals surface area contributed by atoms with Crippen LogP contribution < -0.4 is 5.32 Å². The minimum Gasteiger partial charge on any atom is -0.325 e. The molecular formula is C19H17NO.